The second kappa shape index (κ2) is 5.76. The lowest BCUT2D eigenvalue weighted by Gasteiger charge is -2.35. The summed E-state index contributed by atoms with van der Waals surface area (Å²) >= 11 is 0. The van der Waals surface area contributed by atoms with Gasteiger partial charge >= 0.3 is 0 Å². The molecular formula is C20H18F2N6O. The fraction of sp³-hybridized carbons (Fsp3) is 0.250. The zero-order valence-corrected chi connectivity index (χ0v) is 16.3. The number of nitrogens with zero attached hydrogens (tertiary/aromatic N) is 4. The molecule has 29 heavy (non-hydrogen) atoms. The van der Waals surface area contributed by atoms with E-state index >= 15 is 4.39 Å². The molecule has 0 fully saturated rings. The van der Waals surface area contributed by atoms with Gasteiger partial charge in [0.15, 0.2) is 11.6 Å². The Morgan fingerprint density at radius 3 is 2.66 bits per heavy atom. The molecule has 9 heteroatoms. The van der Waals surface area contributed by atoms with Crippen LogP contribution in [0.15, 0.2) is 24.4 Å². The molecular weight excluding hydrogens is 378 g/mol. The first-order valence-corrected chi connectivity index (χ1v) is 9.07. The van der Waals surface area contributed by atoms with E-state index in [4.69, 9.17) is 4.74 Å². The SMILES string of the molecule is COc1c(-c2ccc(F)c3[nH]ncc23)cc(F)c2c1-n1c(C)nnc1C(C)(C)N2. The molecule has 0 spiro atoms. The smallest absolute Gasteiger partial charge is 0.162 e. The zero-order chi connectivity index (χ0) is 20.5. The fourth-order valence-electron chi connectivity index (χ4n) is 4.00. The Labute approximate surface area is 164 Å². The lowest BCUT2D eigenvalue weighted by atomic mass is 9.95. The minimum Gasteiger partial charge on any atom is -0.494 e. The number of hydrogen-bond donors (Lipinski definition) is 2. The van der Waals surface area contributed by atoms with E-state index in [0.29, 0.717) is 45.3 Å². The van der Waals surface area contributed by atoms with Crippen LogP contribution in [-0.4, -0.2) is 32.1 Å². The largest absolute Gasteiger partial charge is 0.494 e. The van der Waals surface area contributed by atoms with Crippen molar-refractivity contribution >= 4 is 16.6 Å². The van der Waals surface area contributed by atoms with Gasteiger partial charge in [-0.3, -0.25) is 9.67 Å². The molecule has 0 radical (unpaired) electrons. The number of rotatable bonds is 2. The molecule has 2 aromatic heterocycles. The van der Waals surface area contributed by atoms with Gasteiger partial charge in [0.2, 0.25) is 0 Å². The van der Waals surface area contributed by atoms with Crippen LogP contribution in [-0.2, 0) is 5.54 Å². The van der Waals surface area contributed by atoms with Crippen LogP contribution in [0, 0.1) is 18.6 Å². The molecule has 0 aliphatic carbocycles. The number of hydrogen-bond acceptors (Lipinski definition) is 5. The standard InChI is InChI=1S/C20H18F2N6O/c1-9-25-27-19-20(2,3)24-16-14(22)7-11(18(29-4)17(16)28(9)19)10-5-6-13(21)15-12(10)8-23-26-15/h5-8,24H,1-4H3,(H,23,26). The molecule has 0 bridgehead atoms. The first-order chi connectivity index (χ1) is 13.8. The fourth-order valence-corrected chi connectivity index (χ4v) is 4.00. The number of halogens is 2. The van der Waals surface area contributed by atoms with Gasteiger partial charge in [-0.05, 0) is 38.5 Å². The molecule has 148 valence electrons. The predicted octanol–water partition coefficient (Wildman–Crippen LogP) is 4.07. The van der Waals surface area contributed by atoms with Crippen LogP contribution in [0.4, 0.5) is 14.5 Å². The lowest BCUT2D eigenvalue weighted by molar-refractivity contribution is 0.409. The minimum absolute atomic E-state index is 0.253. The molecule has 1 aliphatic rings. The number of nitrogens with one attached hydrogen (secondary N) is 2. The molecule has 2 aromatic carbocycles. The number of aryl methyl sites for hydroxylation is 1. The van der Waals surface area contributed by atoms with Crippen molar-refractivity contribution in [1.29, 1.82) is 0 Å². The third-order valence-electron chi connectivity index (χ3n) is 5.31. The third kappa shape index (κ3) is 2.30. The average molecular weight is 396 g/mol. The molecule has 7 nitrogen and oxygen atoms in total. The predicted molar refractivity (Wildman–Crippen MR) is 104 cm³/mol. The molecule has 0 saturated carbocycles. The topological polar surface area (TPSA) is 80.7 Å². The first-order valence-electron chi connectivity index (χ1n) is 9.07. The number of fused-ring (bicyclic) bond motifs is 4. The van der Waals surface area contributed by atoms with E-state index in [0.717, 1.165) is 0 Å². The third-order valence-corrected chi connectivity index (χ3v) is 5.31. The molecule has 0 atom stereocenters. The van der Waals surface area contributed by atoms with Crippen molar-refractivity contribution in [2.75, 3.05) is 12.4 Å². The van der Waals surface area contributed by atoms with Crippen LogP contribution in [0.3, 0.4) is 0 Å². The van der Waals surface area contributed by atoms with Gasteiger partial charge in [0.05, 0.1) is 24.5 Å². The van der Waals surface area contributed by atoms with Gasteiger partial charge in [0, 0.05) is 10.9 Å². The Morgan fingerprint density at radius 1 is 1.10 bits per heavy atom. The van der Waals surface area contributed by atoms with Crippen LogP contribution >= 0.6 is 0 Å². The molecule has 0 unspecified atom stereocenters. The Morgan fingerprint density at radius 2 is 1.90 bits per heavy atom. The van der Waals surface area contributed by atoms with Crippen molar-refractivity contribution in [3.8, 4) is 22.6 Å². The summed E-state index contributed by atoms with van der Waals surface area (Å²) in [6.07, 6.45) is 1.52. The number of H-pyrrole nitrogens is 1. The molecule has 2 N–H and O–H groups in total. The van der Waals surface area contributed by atoms with Crippen LogP contribution in [0.2, 0.25) is 0 Å². The maximum atomic E-state index is 15.3. The van der Waals surface area contributed by atoms with E-state index in [2.05, 4.69) is 25.7 Å². The van der Waals surface area contributed by atoms with Crippen molar-refractivity contribution in [3.63, 3.8) is 0 Å². The van der Waals surface area contributed by atoms with Crippen molar-refractivity contribution in [3.05, 3.63) is 47.7 Å². The van der Waals surface area contributed by atoms with Crippen LogP contribution in [0.5, 0.6) is 5.75 Å². The Kier molecular flexibility index (Phi) is 3.49. The summed E-state index contributed by atoms with van der Waals surface area (Å²) in [6, 6.07) is 4.31. The second-order valence-electron chi connectivity index (χ2n) is 7.57. The number of methoxy groups -OCH3 is 1. The van der Waals surface area contributed by atoms with Gasteiger partial charge in [-0.2, -0.15) is 5.10 Å². The second-order valence-corrected chi connectivity index (χ2v) is 7.57. The summed E-state index contributed by atoms with van der Waals surface area (Å²) in [4.78, 5) is 0. The van der Waals surface area contributed by atoms with Crippen molar-refractivity contribution in [2.45, 2.75) is 26.3 Å². The number of benzene rings is 2. The Bertz CT molecular complexity index is 1290. The van der Waals surface area contributed by atoms with Gasteiger partial charge < -0.3 is 10.1 Å². The number of aromatic nitrogens is 5. The van der Waals surface area contributed by atoms with Gasteiger partial charge in [0.1, 0.15) is 28.7 Å². The Hall–Kier alpha value is -3.49. The number of ether oxygens (including phenoxy) is 1. The lowest BCUT2D eigenvalue weighted by Crippen LogP contribution is -2.36. The van der Waals surface area contributed by atoms with Crippen LogP contribution < -0.4 is 10.1 Å². The average Bonchev–Trinajstić information content (AvgIpc) is 3.31. The summed E-state index contributed by atoms with van der Waals surface area (Å²) in [5, 5.41) is 18.8. The van der Waals surface area contributed by atoms with Gasteiger partial charge in [-0.25, -0.2) is 8.78 Å². The zero-order valence-electron chi connectivity index (χ0n) is 16.3. The summed E-state index contributed by atoms with van der Waals surface area (Å²) in [7, 11) is 1.52. The van der Waals surface area contributed by atoms with Crippen LogP contribution in [0.1, 0.15) is 25.5 Å². The Balaban J connectivity index is 1.89. The van der Waals surface area contributed by atoms with E-state index in [1.54, 1.807) is 17.6 Å². The van der Waals surface area contributed by atoms with E-state index in [9.17, 15) is 4.39 Å². The van der Waals surface area contributed by atoms with E-state index in [1.165, 1.54) is 25.4 Å². The van der Waals surface area contributed by atoms with E-state index < -0.39 is 17.2 Å². The van der Waals surface area contributed by atoms with Crippen molar-refractivity contribution < 1.29 is 13.5 Å². The normalized spacial score (nSPS) is 14.4. The molecule has 0 amide bonds. The first kappa shape index (κ1) is 17.6. The maximum absolute atomic E-state index is 15.3. The highest BCUT2D eigenvalue weighted by molar-refractivity contribution is 5.98. The van der Waals surface area contributed by atoms with Crippen molar-refractivity contribution in [2.24, 2.45) is 0 Å². The maximum Gasteiger partial charge on any atom is 0.162 e. The summed E-state index contributed by atoms with van der Waals surface area (Å²) < 4.78 is 37.0. The molecule has 5 rings (SSSR count). The van der Waals surface area contributed by atoms with Gasteiger partial charge in [0.25, 0.3) is 0 Å². The van der Waals surface area contributed by atoms with Gasteiger partial charge in [-0.1, -0.05) is 6.07 Å². The highest BCUT2D eigenvalue weighted by Crippen LogP contribution is 2.48. The van der Waals surface area contributed by atoms with E-state index in [1.807, 2.05) is 13.8 Å². The molecule has 1 aliphatic heterocycles. The van der Waals surface area contributed by atoms with Crippen LogP contribution in [0.25, 0.3) is 27.7 Å². The number of anilines is 1. The summed E-state index contributed by atoms with van der Waals surface area (Å²) in [6.45, 7) is 5.62. The molecule has 3 heterocycles. The quantitative estimate of drug-likeness (QED) is 0.534. The molecule has 4 aromatic rings. The molecule has 0 saturated heterocycles. The van der Waals surface area contributed by atoms with Gasteiger partial charge in [-0.15, -0.1) is 10.2 Å². The monoisotopic (exact) mass is 396 g/mol. The number of aromatic amines is 1. The van der Waals surface area contributed by atoms with E-state index in [-0.39, 0.29) is 5.52 Å². The van der Waals surface area contributed by atoms with Crippen molar-refractivity contribution in [1.82, 2.24) is 25.0 Å². The highest BCUT2D eigenvalue weighted by Gasteiger charge is 2.38. The summed E-state index contributed by atoms with van der Waals surface area (Å²) in [5.41, 5.74) is 1.50. The minimum atomic E-state index is -0.630. The highest BCUT2D eigenvalue weighted by atomic mass is 19.1. The summed E-state index contributed by atoms with van der Waals surface area (Å²) in [5.74, 6) is 0.799.